The van der Waals surface area contributed by atoms with Crippen LogP contribution in [-0.2, 0) is 9.59 Å². The number of carbonyl (C=O) groups excluding carboxylic acids is 2. The first-order valence-electron chi connectivity index (χ1n) is 8.59. The molecule has 0 aromatic heterocycles. The summed E-state index contributed by atoms with van der Waals surface area (Å²) in [5.74, 6) is -0.204. The van der Waals surface area contributed by atoms with Crippen molar-refractivity contribution in [1.82, 2.24) is 5.43 Å². The van der Waals surface area contributed by atoms with E-state index >= 15 is 0 Å². The van der Waals surface area contributed by atoms with Crippen molar-refractivity contribution in [3.05, 3.63) is 53.1 Å². The fourth-order valence-electron chi connectivity index (χ4n) is 2.61. The lowest BCUT2D eigenvalue weighted by molar-refractivity contribution is -0.124. The van der Waals surface area contributed by atoms with Crippen LogP contribution in [0.4, 0.5) is 5.69 Å². The van der Waals surface area contributed by atoms with Crippen molar-refractivity contribution in [2.24, 2.45) is 11.0 Å². The molecular formula is C20H24ClN3O2. The average Bonchev–Trinajstić information content (AvgIpc) is 2.61. The predicted molar refractivity (Wildman–Crippen MR) is 106 cm³/mol. The second-order valence-electron chi connectivity index (χ2n) is 6.49. The van der Waals surface area contributed by atoms with E-state index in [9.17, 15) is 9.59 Å². The van der Waals surface area contributed by atoms with E-state index in [0.29, 0.717) is 16.6 Å². The highest BCUT2D eigenvalue weighted by atomic mass is 35.5. The third kappa shape index (κ3) is 5.85. The average molecular weight is 374 g/mol. The molecule has 1 aromatic carbocycles. The molecular weight excluding hydrogens is 350 g/mol. The number of halogens is 1. The highest BCUT2D eigenvalue weighted by Gasteiger charge is 2.19. The quantitative estimate of drug-likeness (QED) is 0.570. The number of hydrogen-bond acceptors (Lipinski definition) is 3. The van der Waals surface area contributed by atoms with Crippen LogP contribution in [0.5, 0.6) is 0 Å². The summed E-state index contributed by atoms with van der Waals surface area (Å²) in [6, 6.07) is 6.97. The van der Waals surface area contributed by atoms with Gasteiger partial charge in [-0.3, -0.25) is 9.59 Å². The van der Waals surface area contributed by atoms with Crippen LogP contribution in [-0.4, -0.2) is 17.5 Å². The number of allylic oxidation sites excluding steroid dienone is 3. The molecule has 0 radical (unpaired) electrons. The number of nitrogens with one attached hydrogen (secondary N) is 2. The molecule has 2 rings (SSSR count). The summed E-state index contributed by atoms with van der Waals surface area (Å²) in [6.07, 6.45) is 3.96. The van der Waals surface area contributed by atoms with Gasteiger partial charge in [0.05, 0.1) is 16.4 Å². The number of carbonyl (C=O) groups is 2. The molecule has 0 saturated carbocycles. The molecule has 0 saturated heterocycles. The van der Waals surface area contributed by atoms with Gasteiger partial charge in [0, 0.05) is 12.8 Å². The van der Waals surface area contributed by atoms with Crippen LogP contribution in [0, 0.1) is 5.92 Å². The van der Waals surface area contributed by atoms with Crippen LogP contribution in [0.25, 0.3) is 0 Å². The molecule has 0 heterocycles. The van der Waals surface area contributed by atoms with Gasteiger partial charge in [-0.1, -0.05) is 42.0 Å². The molecule has 26 heavy (non-hydrogen) atoms. The lowest BCUT2D eigenvalue weighted by Gasteiger charge is -2.22. The van der Waals surface area contributed by atoms with Gasteiger partial charge in [-0.05, 0) is 50.3 Å². The monoisotopic (exact) mass is 373 g/mol. The molecule has 1 aromatic rings. The first-order chi connectivity index (χ1) is 12.4. The van der Waals surface area contributed by atoms with E-state index in [-0.39, 0.29) is 24.7 Å². The molecule has 0 unspecified atom stereocenters. The van der Waals surface area contributed by atoms with E-state index in [0.717, 1.165) is 29.7 Å². The van der Waals surface area contributed by atoms with Gasteiger partial charge in [-0.15, -0.1) is 0 Å². The number of rotatable bonds is 6. The Kier molecular flexibility index (Phi) is 7.16. The van der Waals surface area contributed by atoms with E-state index < -0.39 is 0 Å². The molecule has 6 heteroatoms. The summed E-state index contributed by atoms with van der Waals surface area (Å²) in [6.45, 7) is 7.99. The van der Waals surface area contributed by atoms with Gasteiger partial charge in [0.15, 0.2) is 0 Å². The van der Waals surface area contributed by atoms with E-state index in [1.807, 2.05) is 13.8 Å². The van der Waals surface area contributed by atoms with E-state index in [1.54, 1.807) is 24.3 Å². The maximum absolute atomic E-state index is 12.0. The molecule has 5 nitrogen and oxygen atoms in total. The fourth-order valence-corrected chi connectivity index (χ4v) is 2.79. The van der Waals surface area contributed by atoms with Crippen molar-refractivity contribution in [1.29, 1.82) is 0 Å². The molecule has 0 bridgehead atoms. The first kappa shape index (κ1) is 19.9. The molecule has 2 amide bonds. The Balaban J connectivity index is 1.82. The first-order valence-corrected chi connectivity index (χ1v) is 8.97. The minimum absolute atomic E-state index is 0.0553. The summed E-state index contributed by atoms with van der Waals surface area (Å²) in [5, 5.41) is 7.38. The van der Waals surface area contributed by atoms with Crippen molar-refractivity contribution in [3.63, 3.8) is 0 Å². The molecule has 138 valence electrons. The van der Waals surface area contributed by atoms with Crippen LogP contribution < -0.4 is 10.7 Å². The van der Waals surface area contributed by atoms with Gasteiger partial charge in [0.1, 0.15) is 0 Å². The zero-order valence-electron chi connectivity index (χ0n) is 15.1. The zero-order valence-corrected chi connectivity index (χ0v) is 15.9. The predicted octanol–water partition coefficient (Wildman–Crippen LogP) is 4.46. The normalized spacial score (nSPS) is 18.2. The van der Waals surface area contributed by atoms with Gasteiger partial charge < -0.3 is 5.32 Å². The smallest absolute Gasteiger partial charge is 0.240 e. The van der Waals surface area contributed by atoms with Crippen LogP contribution in [0.3, 0.4) is 0 Å². The molecule has 2 N–H and O–H groups in total. The zero-order chi connectivity index (χ0) is 19.1. The highest BCUT2D eigenvalue weighted by molar-refractivity contribution is 6.33. The maximum Gasteiger partial charge on any atom is 0.240 e. The minimum atomic E-state index is -0.294. The third-order valence-electron chi connectivity index (χ3n) is 4.34. The SMILES string of the molecule is C=C(C)[C@H]1CC=C(C)/C(=N/NC(=O)CCC(=O)Nc2ccccc2Cl)C1. The maximum atomic E-state index is 12.0. The van der Waals surface area contributed by atoms with Crippen molar-refractivity contribution in [2.45, 2.75) is 39.5 Å². The summed E-state index contributed by atoms with van der Waals surface area (Å²) >= 11 is 5.99. The number of hydrogen-bond donors (Lipinski definition) is 2. The Labute approximate surface area is 159 Å². The van der Waals surface area contributed by atoms with Crippen molar-refractivity contribution in [3.8, 4) is 0 Å². The van der Waals surface area contributed by atoms with E-state index in [4.69, 9.17) is 11.6 Å². The summed E-state index contributed by atoms with van der Waals surface area (Å²) in [5.41, 5.74) is 6.12. The third-order valence-corrected chi connectivity index (χ3v) is 4.67. The van der Waals surface area contributed by atoms with Gasteiger partial charge in [-0.25, -0.2) is 5.43 Å². The number of amides is 2. The molecule has 1 atom stereocenters. The lowest BCUT2D eigenvalue weighted by atomic mass is 9.85. The highest BCUT2D eigenvalue weighted by Crippen LogP contribution is 2.26. The van der Waals surface area contributed by atoms with Crippen molar-refractivity contribution < 1.29 is 9.59 Å². The Morgan fingerprint density at radius 1 is 1.27 bits per heavy atom. The molecule has 0 aliphatic heterocycles. The van der Waals surface area contributed by atoms with Crippen LogP contribution in [0.2, 0.25) is 5.02 Å². The fraction of sp³-hybridized carbons (Fsp3) is 0.350. The molecule has 0 spiro atoms. The van der Waals surface area contributed by atoms with E-state index in [2.05, 4.69) is 28.5 Å². The van der Waals surface area contributed by atoms with Crippen LogP contribution in [0.1, 0.15) is 39.5 Å². The van der Waals surface area contributed by atoms with Crippen molar-refractivity contribution in [2.75, 3.05) is 5.32 Å². The number of benzene rings is 1. The number of para-hydroxylation sites is 1. The Morgan fingerprint density at radius 3 is 2.65 bits per heavy atom. The topological polar surface area (TPSA) is 70.6 Å². The summed E-state index contributed by atoms with van der Waals surface area (Å²) in [4.78, 5) is 23.9. The van der Waals surface area contributed by atoms with Crippen LogP contribution in [0.15, 0.2) is 53.2 Å². The lowest BCUT2D eigenvalue weighted by Crippen LogP contribution is -2.24. The minimum Gasteiger partial charge on any atom is -0.325 e. The Hall–Kier alpha value is -2.40. The van der Waals surface area contributed by atoms with Gasteiger partial charge in [0.25, 0.3) is 0 Å². The van der Waals surface area contributed by atoms with E-state index in [1.165, 1.54) is 0 Å². The largest absolute Gasteiger partial charge is 0.325 e. The summed E-state index contributed by atoms with van der Waals surface area (Å²) < 4.78 is 0. The second-order valence-corrected chi connectivity index (χ2v) is 6.90. The van der Waals surface area contributed by atoms with Gasteiger partial charge >= 0.3 is 0 Å². The number of anilines is 1. The summed E-state index contributed by atoms with van der Waals surface area (Å²) in [7, 11) is 0. The standard InChI is InChI=1S/C20H24ClN3O2/c1-13(2)15-9-8-14(3)18(12-15)23-24-20(26)11-10-19(25)22-17-7-5-4-6-16(17)21/h4-8,15H,1,9-12H2,2-3H3,(H,22,25)(H,24,26)/b23-18+/t15-/m0/s1. The van der Waals surface area contributed by atoms with Crippen LogP contribution >= 0.6 is 11.6 Å². The second kappa shape index (κ2) is 9.34. The Morgan fingerprint density at radius 2 is 1.96 bits per heavy atom. The van der Waals surface area contributed by atoms with Crippen molar-refractivity contribution >= 4 is 34.8 Å². The molecule has 1 aliphatic carbocycles. The Bertz CT molecular complexity index is 768. The molecule has 1 aliphatic rings. The number of nitrogens with zero attached hydrogens (tertiary/aromatic N) is 1. The molecule has 0 fully saturated rings. The van der Waals surface area contributed by atoms with Gasteiger partial charge in [0.2, 0.25) is 11.8 Å². The van der Waals surface area contributed by atoms with Gasteiger partial charge in [-0.2, -0.15) is 5.10 Å². The number of hydrazone groups is 1.